The van der Waals surface area contributed by atoms with E-state index < -0.39 is 5.97 Å². The summed E-state index contributed by atoms with van der Waals surface area (Å²) in [5.41, 5.74) is 3.99. The first-order valence-electron chi connectivity index (χ1n) is 11.0. The van der Waals surface area contributed by atoms with Crippen LogP contribution in [-0.4, -0.2) is 34.7 Å². The van der Waals surface area contributed by atoms with E-state index >= 15 is 0 Å². The van der Waals surface area contributed by atoms with Crippen molar-refractivity contribution in [2.75, 3.05) is 6.54 Å². The largest absolute Gasteiger partial charge is 0.477 e. The predicted octanol–water partition coefficient (Wildman–Crippen LogP) is 4.12. The summed E-state index contributed by atoms with van der Waals surface area (Å²) >= 11 is 0. The van der Waals surface area contributed by atoms with Gasteiger partial charge in [-0.15, -0.1) is 0 Å². The molecule has 2 aliphatic rings. The average Bonchev–Trinajstić information content (AvgIpc) is 3.51. The van der Waals surface area contributed by atoms with E-state index in [9.17, 15) is 4.79 Å². The molecule has 2 saturated carbocycles. The molecule has 0 aliphatic heterocycles. The number of carboxylic acid groups (broad SMARTS) is 1. The molecule has 5 heteroatoms. The number of pyridine rings is 1. The van der Waals surface area contributed by atoms with Gasteiger partial charge in [-0.25, -0.2) is 9.78 Å². The molecule has 1 heterocycles. The van der Waals surface area contributed by atoms with E-state index in [1.807, 2.05) is 6.07 Å². The van der Waals surface area contributed by atoms with Crippen molar-refractivity contribution in [3.8, 4) is 0 Å². The van der Waals surface area contributed by atoms with Crippen LogP contribution in [0.3, 0.4) is 0 Å². The first-order valence-corrected chi connectivity index (χ1v) is 11.0. The Morgan fingerprint density at radius 1 is 1.13 bits per heavy atom. The predicted molar refractivity (Wildman–Crippen MR) is 119 cm³/mol. The Labute approximate surface area is 178 Å². The summed E-state index contributed by atoms with van der Waals surface area (Å²) in [6.07, 6.45) is 8.80. The number of aromatic nitrogens is 1. The Bertz CT molecular complexity index is 873. The lowest BCUT2D eigenvalue weighted by molar-refractivity contribution is 0.0690. The Hall–Kier alpha value is -2.50. The molecule has 0 amide bonds. The second kappa shape index (κ2) is 9.54. The van der Waals surface area contributed by atoms with Gasteiger partial charge in [0.25, 0.3) is 0 Å². The number of carboxylic acids is 1. The SMILES string of the molecule is CC/C(=C\c1ccccc1)C1CC1NCC1CC(NCc2ccc(C(=O)O)nc2)C1. The Kier molecular flexibility index (Phi) is 6.60. The van der Waals surface area contributed by atoms with Crippen molar-refractivity contribution in [1.82, 2.24) is 15.6 Å². The topological polar surface area (TPSA) is 74.2 Å². The first kappa shape index (κ1) is 20.8. The second-order valence-corrected chi connectivity index (χ2v) is 8.61. The molecule has 0 bridgehead atoms. The highest BCUT2D eigenvalue weighted by atomic mass is 16.4. The molecule has 0 spiro atoms. The molecule has 5 nitrogen and oxygen atoms in total. The number of nitrogens with one attached hydrogen (secondary N) is 2. The van der Waals surface area contributed by atoms with Gasteiger partial charge in [-0.3, -0.25) is 0 Å². The molecule has 4 rings (SSSR count). The molecule has 158 valence electrons. The van der Waals surface area contributed by atoms with Crippen molar-refractivity contribution < 1.29 is 9.90 Å². The summed E-state index contributed by atoms with van der Waals surface area (Å²) < 4.78 is 0. The van der Waals surface area contributed by atoms with E-state index in [4.69, 9.17) is 5.11 Å². The maximum Gasteiger partial charge on any atom is 0.354 e. The number of aromatic carboxylic acids is 1. The summed E-state index contributed by atoms with van der Waals surface area (Å²) in [6.45, 7) is 4.11. The van der Waals surface area contributed by atoms with Gasteiger partial charge in [0.1, 0.15) is 5.69 Å². The van der Waals surface area contributed by atoms with Gasteiger partial charge in [-0.05, 0) is 61.3 Å². The van der Waals surface area contributed by atoms with Crippen LogP contribution in [0.5, 0.6) is 0 Å². The first-order chi connectivity index (χ1) is 14.6. The average molecular weight is 406 g/mol. The van der Waals surface area contributed by atoms with Crippen molar-refractivity contribution in [2.24, 2.45) is 11.8 Å². The van der Waals surface area contributed by atoms with E-state index in [1.54, 1.807) is 17.8 Å². The summed E-state index contributed by atoms with van der Waals surface area (Å²) in [7, 11) is 0. The van der Waals surface area contributed by atoms with Crippen LogP contribution in [0.15, 0.2) is 54.2 Å². The van der Waals surface area contributed by atoms with Gasteiger partial charge >= 0.3 is 5.97 Å². The highest BCUT2D eigenvalue weighted by Gasteiger charge is 2.39. The van der Waals surface area contributed by atoms with Gasteiger partial charge < -0.3 is 15.7 Å². The number of benzene rings is 1. The maximum absolute atomic E-state index is 10.9. The lowest BCUT2D eigenvalue weighted by Crippen LogP contribution is -2.44. The van der Waals surface area contributed by atoms with Gasteiger partial charge in [0.15, 0.2) is 0 Å². The molecule has 2 fully saturated rings. The minimum Gasteiger partial charge on any atom is -0.477 e. The molecule has 0 radical (unpaired) electrons. The van der Waals surface area contributed by atoms with Crippen LogP contribution in [0.1, 0.15) is 54.2 Å². The summed E-state index contributed by atoms with van der Waals surface area (Å²) in [5, 5.41) is 16.2. The summed E-state index contributed by atoms with van der Waals surface area (Å²) in [5.74, 6) is 0.466. The van der Waals surface area contributed by atoms with Crippen LogP contribution in [0, 0.1) is 11.8 Å². The van der Waals surface area contributed by atoms with Crippen LogP contribution in [0.4, 0.5) is 0 Å². The van der Waals surface area contributed by atoms with E-state index in [2.05, 4.69) is 58.9 Å². The van der Waals surface area contributed by atoms with Gasteiger partial charge in [-0.2, -0.15) is 0 Å². The van der Waals surface area contributed by atoms with Crippen LogP contribution in [-0.2, 0) is 6.54 Å². The van der Waals surface area contributed by atoms with E-state index in [-0.39, 0.29) is 5.69 Å². The number of rotatable bonds is 10. The van der Waals surface area contributed by atoms with E-state index in [0.29, 0.717) is 18.0 Å². The van der Waals surface area contributed by atoms with Gasteiger partial charge in [0.05, 0.1) is 0 Å². The molecule has 0 saturated heterocycles. The number of carbonyl (C=O) groups is 1. The fourth-order valence-electron chi connectivity index (χ4n) is 4.37. The molecule has 1 aromatic carbocycles. The number of hydrogen-bond donors (Lipinski definition) is 3. The molecule has 2 aliphatic carbocycles. The molecule has 30 heavy (non-hydrogen) atoms. The molecule has 3 N–H and O–H groups in total. The normalized spacial score (nSPS) is 25.6. The molecular weight excluding hydrogens is 374 g/mol. The summed E-state index contributed by atoms with van der Waals surface area (Å²) in [6, 6.07) is 15.2. The Morgan fingerprint density at radius 3 is 2.60 bits per heavy atom. The minimum atomic E-state index is -0.983. The molecule has 2 aromatic rings. The van der Waals surface area contributed by atoms with E-state index in [1.165, 1.54) is 24.8 Å². The molecule has 2 unspecified atom stereocenters. The number of nitrogens with zero attached hydrogens (tertiary/aromatic N) is 1. The fraction of sp³-hybridized carbons (Fsp3) is 0.440. The van der Waals surface area contributed by atoms with Crippen LogP contribution in [0.2, 0.25) is 0 Å². The monoisotopic (exact) mass is 405 g/mol. The highest BCUT2D eigenvalue weighted by molar-refractivity contribution is 5.85. The van der Waals surface area contributed by atoms with Crippen LogP contribution >= 0.6 is 0 Å². The third-order valence-electron chi connectivity index (χ3n) is 6.37. The zero-order valence-electron chi connectivity index (χ0n) is 17.6. The molecular formula is C25H31N3O2. The maximum atomic E-state index is 10.9. The Balaban J connectivity index is 1.14. The lowest BCUT2D eigenvalue weighted by Gasteiger charge is -2.36. The second-order valence-electron chi connectivity index (χ2n) is 8.61. The van der Waals surface area contributed by atoms with Gasteiger partial charge in [0, 0.05) is 24.8 Å². The zero-order chi connectivity index (χ0) is 20.9. The number of hydrogen-bond acceptors (Lipinski definition) is 4. The van der Waals surface area contributed by atoms with Crippen molar-refractivity contribution in [2.45, 2.75) is 51.2 Å². The third kappa shape index (κ3) is 5.35. The van der Waals surface area contributed by atoms with E-state index in [0.717, 1.165) is 31.0 Å². The van der Waals surface area contributed by atoms with Crippen molar-refractivity contribution in [3.05, 3.63) is 71.1 Å². The molecule has 1 aromatic heterocycles. The summed E-state index contributed by atoms with van der Waals surface area (Å²) in [4.78, 5) is 14.8. The van der Waals surface area contributed by atoms with Crippen LogP contribution < -0.4 is 10.6 Å². The third-order valence-corrected chi connectivity index (χ3v) is 6.37. The Morgan fingerprint density at radius 2 is 1.93 bits per heavy atom. The quantitative estimate of drug-likeness (QED) is 0.554. The van der Waals surface area contributed by atoms with Gasteiger partial charge in [-0.1, -0.05) is 55.0 Å². The van der Waals surface area contributed by atoms with Crippen molar-refractivity contribution >= 4 is 12.0 Å². The minimum absolute atomic E-state index is 0.0942. The van der Waals surface area contributed by atoms with Crippen LogP contribution in [0.25, 0.3) is 6.08 Å². The zero-order valence-corrected chi connectivity index (χ0v) is 17.6. The van der Waals surface area contributed by atoms with Crippen molar-refractivity contribution in [1.29, 1.82) is 0 Å². The fourth-order valence-corrected chi connectivity index (χ4v) is 4.37. The molecule has 2 atom stereocenters. The smallest absolute Gasteiger partial charge is 0.354 e. The van der Waals surface area contributed by atoms with Gasteiger partial charge in [0.2, 0.25) is 0 Å². The lowest BCUT2D eigenvalue weighted by atomic mass is 9.80. The van der Waals surface area contributed by atoms with Crippen molar-refractivity contribution in [3.63, 3.8) is 0 Å². The highest BCUT2D eigenvalue weighted by Crippen LogP contribution is 2.40. The standard InChI is InChI=1S/C25H31N3O2/c1-2-20(10-17-6-4-3-5-7-17)22-13-24(22)28-16-19-11-21(12-19)26-14-18-8-9-23(25(29)30)27-15-18/h3-10,15,19,21-22,24,26,28H,2,11-14,16H2,1H3,(H,29,30)/b20-10+.